The van der Waals surface area contributed by atoms with E-state index in [1.54, 1.807) is 32.9 Å². The van der Waals surface area contributed by atoms with Gasteiger partial charge in [0, 0.05) is 12.1 Å². The first-order valence-corrected chi connectivity index (χ1v) is 7.58. The minimum Gasteiger partial charge on any atom is -0.504 e. The molecule has 25 heavy (non-hydrogen) atoms. The highest BCUT2D eigenvalue weighted by atomic mass is 16.6. The highest BCUT2D eigenvalue weighted by molar-refractivity contribution is 5.83. The highest BCUT2D eigenvalue weighted by Crippen LogP contribution is 2.37. The molecule has 2 aromatic rings. The molecule has 0 aliphatic heterocycles. The lowest BCUT2D eigenvalue weighted by Gasteiger charge is -2.19. The average Bonchev–Trinajstić information content (AvgIpc) is 2.51. The second-order valence-corrected chi connectivity index (χ2v) is 6.35. The van der Waals surface area contributed by atoms with Gasteiger partial charge in [0.25, 0.3) is 0 Å². The number of amides is 1. The molecule has 2 rings (SSSR count). The summed E-state index contributed by atoms with van der Waals surface area (Å²) in [4.78, 5) is 15.7. The van der Waals surface area contributed by atoms with E-state index >= 15 is 0 Å². The second-order valence-electron chi connectivity index (χ2n) is 6.35. The zero-order valence-electron chi connectivity index (χ0n) is 14.2. The van der Waals surface area contributed by atoms with Gasteiger partial charge in [0.2, 0.25) is 5.75 Å². The SMILES string of the molecule is CC(C)(C)OC(=O)Nc1ccc(NCc2ccc(O)c(O)c2O)cn1. The molecular weight excluding hydrogens is 326 g/mol. The number of rotatable bonds is 4. The number of phenols is 3. The van der Waals surface area contributed by atoms with Crippen molar-refractivity contribution < 1.29 is 24.9 Å². The van der Waals surface area contributed by atoms with Crippen LogP contribution in [0.5, 0.6) is 17.2 Å². The molecule has 134 valence electrons. The Morgan fingerprint density at radius 2 is 1.84 bits per heavy atom. The molecule has 0 unspecified atom stereocenters. The van der Waals surface area contributed by atoms with E-state index < -0.39 is 17.4 Å². The van der Waals surface area contributed by atoms with Crippen molar-refractivity contribution in [1.29, 1.82) is 0 Å². The van der Waals surface area contributed by atoms with Gasteiger partial charge in [0.1, 0.15) is 11.4 Å². The second kappa shape index (κ2) is 7.16. The van der Waals surface area contributed by atoms with Gasteiger partial charge in [0.05, 0.1) is 11.9 Å². The third kappa shape index (κ3) is 5.17. The number of aromatic nitrogens is 1. The topological polar surface area (TPSA) is 124 Å². The van der Waals surface area contributed by atoms with Gasteiger partial charge < -0.3 is 25.4 Å². The summed E-state index contributed by atoms with van der Waals surface area (Å²) in [5, 5.41) is 34.1. The summed E-state index contributed by atoms with van der Waals surface area (Å²) in [7, 11) is 0. The zero-order valence-corrected chi connectivity index (χ0v) is 14.2. The van der Waals surface area contributed by atoms with Gasteiger partial charge >= 0.3 is 6.09 Å². The number of carbonyl (C=O) groups is 1. The smallest absolute Gasteiger partial charge is 0.413 e. The first-order valence-electron chi connectivity index (χ1n) is 7.58. The number of ether oxygens (including phenoxy) is 1. The van der Waals surface area contributed by atoms with Crippen LogP contribution in [-0.2, 0) is 11.3 Å². The lowest BCUT2D eigenvalue weighted by molar-refractivity contribution is 0.0635. The zero-order chi connectivity index (χ0) is 18.6. The highest BCUT2D eigenvalue weighted by Gasteiger charge is 2.16. The van der Waals surface area contributed by atoms with Crippen LogP contribution >= 0.6 is 0 Å². The third-order valence-corrected chi connectivity index (χ3v) is 3.09. The minimum absolute atomic E-state index is 0.209. The van der Waals surface area contributed by atoms with Crippen LogP contribution in [0.1, 0.15) is 26.3 Å². The van der Waals surface area contributed by atoms with Gasteiger partial charge in [0.15, 0.2) is 11.5 Å². The van der Waals surface area contributed by atoms with Gasteiger partial charge in [-0.15, -0.1) is 0 Å². The van der Waals surface area contributed by atoms with Crippen molar-refractivity contribution in [3.05, 3.63) is 36.0 Å². The fourth-order valence-corrected chi connectivity index (χ4v) is 1.93. The van der Waals surface area contributed by atoms with Crippen molar-refractivity contribution in [3.63, 3.8) is 0 Å². The number of nitrogens with zero attached hydrogens (tertiary/aromatic N) is 1. The molecule has 0 saturated heterocycles. The normalized spacial score (nSPS) is 11.0. The van der Waals surface area contributed by atoms with Crippen molar-refractivity contribution in [3.8, 4) is 17.2 Å². The molecule has 0 fully saturated rings. The Labute approximate surface area is 145 Å². The summed E-state index contributed by atoms with van der Waals surface area (Å²) < 4.78 is 5.13. The predicted octanol–water partition coefficient (Wildman–Crippen LogP) is 3.16. The van der Waals surface area contributed by atoms with E-state index in [0.29, 0.717) is 17.1 Å². The van der Waals surface area contributed by atoms with Crippen molar-refractivity contribution in [1.82, 2.24) is 4.98 Å². The maximum Gasteiger partial charge on any atom is 0.413 e. The summed E-state index contributed by atoms with van der Waals surface area (Å²) in [5.41, 5.74) is 0.455. The maximum absolute atomic E-state index is 11.7. The number of aromatic hydroxyl groups is 3. The van der Waals surface area contributed by atoms with Gasteiger partial charge in [-0.25, -0.2) is 9.78 Å². The van der Waals surface area contributed by atoms with Crippen LogP contribution in [0.2, 0.25) is 0 Å². The van der Waals surface area contributed by atoms with E-state index in [1.165, 1.54) is 18.3 Å². The van der Waals surface area contributed by atoms with Gasteiger partial charge in [-0.05, 0) is 45.0 Å². The van der Waals surface area contributed by atoms with Crippen LogP contribution in [-0.4, -0.2) is 32.0 Å². The molecule has 8 nitrogen and oxygen atoms in total. The Balaban J connectivity index is 1.95. The van der Waals surface area contributed by atoms with Crippen LogP contribution in [0.4, 0.5) is 16.3 Å². The van der Waals surface area contributed by atoms with Crippen LogP contribution in [0, 0.1) is 0 Å². The number of anilines is 2. The van der Waals surface area contributed by atoms with Crippen molar-refractivity contribution >= 4 is 17.6 Å². The van der Waals surface area contributed by atoms with E-state index in [9.17, 15) is 20.1 Å². The molecule has 5 N–H and O–H groups in total. The summed E-state index contributed by atoms with van der Waals surface area (Å²) in [6.45, 7) is 5.51. The minimum atomic E-state index is -0.594. The van der Waals surface area contributed by atoms with Gasteiger partial charge in [-0.1, -0.05) is 0 Å². The molecular formula is C17H21N3O5. The van der Waals surface area contributed by atoms with Crippen molar-refractivity contribution in [2.45, 2.75) is 32.9 Å². The van der Waals surface area contributed by atoms with Crippen molar-refractivity contribution in [2.75, 3.05) is 10.6 Å². The molecule has 0 saturated carbocycles. The van der Waals surface area contributed by atoms with E-state index in [4.69, 9.17) is 4.74 Å². The van der Waals surface area contributed by atoms with Crippen LogP contribution in [0.25, 0.3) is 0 Å². The summed E-state index contributed by atoms with van der Waals surface area (Å²) in [5.74, 6) is -0.997. The molecule has 1 aromatic heterocycles. The maximum atomic E-state index is 11.7. The Bertz CT molecular complexity index is 754. The van der Waals surface area contributed by atoms with E-state index in [0.717, 1.165) is 0 Å². The van der Waals surface area contributed by atoms with Gasteiger partial charge in [-0.3, -0.25) is 5.32 Å². The largest absolute Gasteiger partial charge is 0.504 e. The van der Waals surface area contributed by atoms with Crippen LogP contribution in [0.3, 0.4) is 0 Å². The fraction of sp³-hybridized carbons (Fsp3) is 0.294. The molecule has 1 heterocycles. The molecule has 0 aliphatic carbocycles. The summed E-state index contributed by atoms with van der Waals surface area (Å²) in [6.07, 6.45) is 0.912. The van der Waals surface area contributed by atoms with Crippen LogP contribution < -0.4 is 10.6 Å². The lowest BCUT2D eigenvalue weighted by atomic mass is 10.1. The molecule has 0 spiro atoms. The Kier molecular flexibility index (Phi) is 5.21. The molecule has 1 aromatic carbocycles. The van der Waals surface area contributed by atoms with Crippen LogP contribution in [0.15, 0.2) is 30.5 Å². The first kappa shape index (κ1) is 18.2. The number of benzene rings is 1. The molecule has 0 aliphatic rings. The fourth-order valence-electron chi connectivity index (χ4n) is 1.93. The number of carbonyl (C=O) groups excluding carboxylic acids is 1. The first-order chi connectivity index (χ1) is 11.7. The standard InChI is InChI=1S/C17H21N3O5/c1-17(2,3)25-16(24)20-13-7-5-11(9-19-13)18-8-10-4-6-12(21)15(23)14(10)22/h4-7,9,18,21-23H,8H2,1-3H3,(H,19,20,24). The monoisotopic (exact) mass is 347 g/mol. The summed E-state index contributed by atoms with van der Waals surface area (Å²) in [6, 6.07) is 6.07. The van der Waals surface area contributed by atoms with E-state index in [-0.39, 0.29) is 18.0 Å². The predicted molar refractivity (Wildman–Crippen MR) is 92.9 cm³/mol. The average molecular weight is 347 g/mol. The molecule has 8 heteroatoms. The van der Waals surface area contributed by atoms with E-state index in [2.05, 4.69) is 15.6 Å². The Morgan fingerprint density at radius 3 is 2.44 bits per heavy atom. The molecule has 0 bridgehead atoms. The number of hydrogen-bond acceptors (Lipinski definition) is 7. The quantitative estimate of drug-likeness (QED) is 0.538. The van der Waals surface area contributed by atoms with E-state index in [1.807, 2.05) is 0 Å². The number of nitrogens with one attached hydrogen (secondary N) is 2. The number of pyridine rings is 1. The Morgan fingerprint density at radius 1 is 1.12 bits per heavy atom. The lowest BCUT2D eigenvalue weighted by Crippen LogP contribution is -2.27. The summed E-state index contributed by atoms with van der Waals surface area (Å²) >= 11 is 0. The molecule has 0 radical (unpaired) electrons. The van der Waals surface area contributed by atoms with Gasteiger partial charge in [-0.2, -0.15) is 0 Å². The molecule has 0 atom stereocenters. The Hall–Kier alpha value is -3.16. The number of phenolic OH excluding ortho intramolecular Hbond substituents is 3. The third-order valence-electron chi connectivity index (χ3n) is 3.09. The molecule has 1 amide bonds. The number of hydrogen-bond donors (Lipinski definition) is 5. The van der Waals surface area contributed by atoms with Crippen molar-refractivity contribution in [2.24, 2.45) is 0 Å².